The molecule has 0 spiro atoms. The monoisotopic (exact) mass is 298 g/mol. The number of rotatable bonds is 4. The van der Waals surface area contributed by atoms with Crippen LogP contribution in [0.2, 0.25) is 0 Å². The largest absolute Gasteiger partial charge is 0.405 e. The molecule has 0 saturated carbocycles. The highest BCUT2D eigenvalue weighted by Gasteiger charge is 2.27. The Bertz CT molecular complexity index is 636. The summed E-state index contributed by atoms with van der Waals surface area (Å²) in [5.41, 5.74) is 7.81. The molecule has 2 aromatic rings. The maximum Gasteiger partial charge on any atom is 0.405 e. The van der Waals surface area contributed by atoms with Gasteiger partial charge in [-0.15, -0.1) is 0 Å². The summed E-state index contributed by atoms with van der Waals surface area (Å²) < 4.78 is 37.2. The predicted octanol–water partition coefficient (Wildman–Crippen LogP) is 1.81. The van der Waals surface area contributed by atoms with E-state index >= 15 is 0 Å². The van der Waals surface area contributed by atoms with Crippen molar-refractivity contribution in [2.45, 2.75) is 12.7 Å². The molecule has 5 nitrogen and oxygen atoms in total. The number of hydrogen-bond acceptors (Lipinski definition) is 3. The third kappa shape index (κ3) is 4.23. The Labute approximate surface area is 118 Å². The van der Waals surface area contributed by atoms with Crippen LogP contribution < -0.4 is 11.1 Å². The molecule has 0 aliphatic rings. The molecule has 0 radical (unpaired) electrons. The minimum absolute atomic E-state index is 0.289. The molecule has 1 amide bonds. The molecule has 0 aliphatic heterocycles. The molecule has 8 heteroatoms. The molecule has 0 atom stereocenters. The highest BCUT2D eigenvalue weighted by molar-refractivity contribution is 5.77. The Morgan fingerprint density at radius 2 is 2.05 bits per heavy atom. The van der Waals surface area contributed by atoms with Crippen molar-refractivity contribution in [3.05, 3.63) is 36.7 Å². The first-order chi connectivity index (χ1) is 9.85. The van der Waals surface area contributed by atoms with E-state index in [0.717, 1.165) is 5.56 Å². The van der Waals surface area contributed by atoms with Crippen molar-refractivity contribution >= 4 is 11.6 Å². The molecular weight excluding hydrogens is 285 g/mol. The highest BCUT2D eigenvalue weighted by atomic mass is 19.4. The zero-order chi connectivity index (χ0) is 15.5. The summed E-state index contributed by atoms with van der Waals surface area (Å²) in [6.45, 7) is -1.64. The molecule has 1 aromatic heterocycles. The second kappa shape index (κ2) is 5.86. The summed E-state index contributed by atoms with van der Waals surface area (Å²) >= 11 is 0. The molecule has 0 fully saturated rings. The first-order valence-electron chi connectivity index (χ1n) is 6.06. The van der Waals surface area contributed by atoms with Gasteiger partial charge in [0.15, 0.2) is 0 Å². The van der Waals surface area contributed by atoms with Crippen molar-refractivity contribution in [1.29, 1.82) is 0 Å². The van der Waals surface area contributed by atoms with Crippen molar-refractivity contribution in [3.63, 3.8) is 0 Å². The van der Waals surface area contributed by atoms with E-state index in [0.29, 0.717) is 11.3 Å². The molecule has 21 heavy (non-hydrogen) atoms. The zero-order valence-electron chi connectivity index (χ0n) is 10.9. The van der Waals surface area contributed by atoms with Crippen LogP contribution in [0.3, 0.4) is 0 Å². The van der Waals surface area contributed by atoms with E-state index in [4.69, 9.17) is 5.73 Å². The van der Waals surface area contributed by atoms with Gasteiger partial charge in [-0.1, -0.05) is 18.2 Å². The van der Waals surface area contributed by atoms with Gasteiger partial charge >= 0.3 is 6.18 Å². The number of halogens is 3. The first-order valence-corrected chi connectivity index (χ1v) is 6.06. The van der Waals surface area contributed by atoms with Crippen LogP contribution in [-0.4, -0.2) is 28.4 Å². The number of aromatic nitrogens is 2. The lowest BCUT2D eigenvalue weighted by Gasteiger charge is -2.08. The van der Waals surface area contributed by atoms with Crippen molar-refractivity contribution in [2.75, 3.05) is 12.3 Å². The Morgan fingerprint density at radius 1 is 1.33 bits per heavy atom. The fourth-order valence-electron chi connectivity index (χ4n) is 1.75. The van der Waals surface area contributed by atoms with Crippen molar-refractivity contribution in [2.24, 2.45) is 0 Å². The number of nitrogen functional groups attached to an aromatic ring is 1. The average molecular weight is 298 g/mol. The van der Waals surface area contributed by atoms with Gasteiger partial charge < -0.3 is 11.1 Å². The number of benzene rings is 1. The number of alkyl halides is 3. The van der Waals surface area contributed by atoms with Crippen LogP contribution in [0, 0.1) is 0 Å². The number of carbonyl (C=O) groups excluding carboxylic acids is 1. The van der Waals surface area contributed by atoms with Crippen LogP contribution in [-0.2, 0) is 11.3 Å². The summed E-state index contributed by atoms with van der Waals surface area (Å²) in [4.78, 5) is 11.4. The molecule has 3 N–H and O–H groups in total. The minimum Gasteiger partial charge on any atom is -0.398 e. The summed E-state index contributed by atoms with van der Waals surface area (Å²) in [7, 11) is 0. The quantitative estimate of drug-likeness (QED) is 0.846. The van der Waals surface area contributed by atoms with Gasteiger partial charge in [-0.2, -0.15) is 18.3 Å². The fraction of sp³-hybridized carbons (Fsp3) is 0.231. The molecule has 0 unspecified atom stereocenters. The van der Waals surface area contributed by atoms with Gasteiger partial charge in [0.2, 0.25) is 5.91 Å². The average Bonchev–Trinajstić information content (AvgIpc) is 2.84. The maximum atomic E-state index is 12.0. The SMILES string of the molecule is Nc1ccccc1-c1cnn(CC(=O)NCC(F)(F)F)c1. The normalized spacial score (nSPS) is 11.4. The van der Waals surface area contributed by atoms with Crippen molar-refractivity contribution < 1.29 is 18.0 Å². The number of anilines is 1. The fourth-order valence-corrected chi connectivity index (χ4v) is 1.75. The summed E-state index contributed by atoms with van der Waals surface area (Å²) in [5, 5.41) is 5.72. The van der Waals surface area contributed by atoms with Gasteiger partial charge in [-0.25, -0.2) is 0 Å². The van der Waals surface area contributed by atoms with E-state index < -0.39 is 18.6 Å². The van der Waals surface area contributed by atoms with E-state index in [1.807, 2.05) is 0 Å². The molecule has 112 valence electrons. The molecule has 0 saturated heterocycles. The number of nitrogens with zero attached hydrogens (tertiary/aromatic N) is 2. The summed E-state index contributed by atoms with van der Waals surface area (Å²) in [6.07, 6.45) is -1.37. The van der Waals surface area contributed by atoms with Gasteiger partial charge in [-0.3, -0.25) is 9.48 Å². The van der Waals surface area contributed by atoms with Crippen molar-refractivity contribution in [3.8, 4) is 11.1 Å². The van der Waals surface area contributed by atoms with E-state index in [9.17, 15) is 18.0 Å². The standard InChI is InChI=1S/C13H13F3N4O/c14-13(15,16)8-18-12(21)7-20-6-9(5-19-20)10-3-1-2-4-11(10)17/h1-6H,7-8,17H2,(H,18,21). The highest BCUT2D eigenvalue weighted by Crippen LogP contribution is 2.24. The van der Waals surface area contributed by atoms with Crippen LogP contribution in [0.25, 0.3) is 11.1 Å². The maximum absolute atomic E-state index is 12.0. The van der Waals surface area contributed by atoms with Crippen LogP contribution in [0.15, 0.2) is 36.7 Å². The molecule has 1 heterocycles. The smallest absolute Gasteiger partial charge is 0.398 e. The van der Waals surface area contributed by atoms with Crippen molar-refractivity contribution in [1.82, 2.24) is 15.1 Å². The second-order valence-electron chi connectivity index (χ2n) is 4.41. The molecule has 2 rings (SSSR count). The molecular formula is C13H13F3N4O. The van der Waals surface area contributed by atoms with Crippen LogP contribution in [0.1, 0.15) is 0 Å². The van der Waals surface area contributed by atoms with Gasteiger partial charge in [0.25, 0.3) is 0 Å². The number of nitrogens with one attached hydrogen (secondary N) is 1. The van der Waals surface area contributed by atoms with E-state index in [-0.39, 0.29) is 6.54 Å². The van der Waals surface area contributed by atoms with Crippen LogP contribution in [0.5, 0.6) is 0 Å². The minimum atomic E-state index is -4.43. The van der Waals surface area contributed by atoms with Crippen LogP contribution in [0.4, 0.5) is 18.9 Å². The van der Waals surface area contributed by atoms with E-state index in [1.54, 1.807) is 35.8 Å². The molecule has 0 aliphatic carbocycles. The van der Waals surface area contributed by atoms with E-state index in [2.05, 4.69) is 5.10 Å². The third-order valence-electron chi connectivity index (χ3n) is 2.70. The van der Waals surface area contributed by atoms with E-state index in [1.165, 1.54) is 10.9 Å². The number of amides is 1. The summed E-state index contributed by atoms with van der Waals surface area (Å²) in [5.74, 6) is -0.761. The molecule has 0 bridgehead atoms. The predicted molar refractivity (Wildman–Crippen MR) is 71.1 cm³/mol. The van der Waals surface area contributed by atoms with Gasteiger partial charge in [0.1, 0.15) is 13.1 Å². The Balaban J connectivity index is 2.01. The number of hydrogen-bond donors (Lipinski definition) is 2. The first kappa shape index (κ1) is 14.9. The zero-order valence-corrected chi connectivity index (χ0v) is 10.9. The lowest BCUT2D eigenvalue weighted by Crippen LogP contribution is -2.35. The third-order valence-corrected chi connectivity index (χ3v) is 2.70. The van der Waals surface area contributed by atoms with Gasteiger partial charge in [0.05, 0.1) is 6.20 Å². The lowest BCUT2D eigenvalue weighted by molar-refractivity contribution is -0.138. The Kier molecular flexibility index (Phi) is 4.15. The number of carbonyl (C=O) groups is 1. The van der Waals surface area contributed by atoms with Crippen LogP contribution >= 0.6 is 0 Å². The van der Waals surface area contributed by atoms with Gasteiger partial charge in [0, 0.05) is 23.0 Å². The topological polar surface area (TPSA) is 72.9 Å². The molecule has 1 aromatic carbocycles. The van der Waals surface area contributed by atoms with Gasteiger partial charge in [-0.05, 0) is 6.07 Å². The number of nitrogens with two attached hydrogens (primary N) is 1. The number of para-hydroxylation sites is 1. The summed E-state index contributed by atoms with van der Waals surface area (Å²) in [6, 6.07) is 7.11. The Morgan fingerprint density at radius 3 is 2.71 bits per heavy atom. The lowest BCUT2D eigenvalue weighted by atomic mass is 10.1. The second-order valence-corrected chi connectivity index (χ2v) is 4.41. The Hall–Kier alpha value is -2.51.